The number of esters is 2. The number of carbonyl (C=O) groups excluding carboxylic acids is 2. The molecule has 0 aliphatic heterocycles. The molecule has 0 saturated heterocycles. The largest absolute Gasteiger partial charge is 1.00 e. The van der Waals surface area contributed by atoms with Crippen LogP contribution in [0.4, 0.5) is 0 Å². The van der Waals surface area contributed by atoms with E-state index in [1.54, 1.807) is 0 Å². The number of ether oxygens (including phenoxy) is 2. The van der Waals surface area contributed by atoms with Crippen LogP contribution in [0.15, 0.2) is 0 Å². The quantitative estimate of drug-likeness (QED) is 0.0206. The van der Waals surface area contributed by atoms with E-state index >= 15 is 0 Å². The summed E-state index contributed by atoms with van der Waals surface area (Å²) in [5.74, 6) is -0.910. The summed E-state index contributed by atoms with van der Waals surface area (Å²) in [5, 5.41) is 19.2. The van der Waals surface area contributed by atoms with Crippen LogP contribution in [0.25, 0.3) is 0 Å². The minimum Gasteiger partial charge on any atom is -0.649 e. The summed E-state index contributed by atoms with van der Waals surface area (Å²) in [4.78, 5) is 37.1. The first-order valence-electron chi connectivity index (χ1n) is 22.0. The number of unbranched alkanes of at least 4 members (excludes halogenated alkanes) is 28. The van der Waals surface area contributed by atoms with Gasteiger partial charge in [0.2, 0.25) is 0 Å². The Labute approximate surface area is 360 Å². The Hall–Kier alpha value is 0.520. The first-order chi connectivity index (χ1) is 25.8. The third kappa shape index (κ3) is 40.7. The average molecular weight is 817 g/mol. The molecule has 0 rings (SSSR count). The van der Waals surface area contributed by atoms with Crippen LogP contribution in [0.5, 0.6) is 0 Å². The molecule has 0 saturated carbocycles. The summed E-state index contributed by atoms with van der Waals surface area (Å²) in [7, 11) is -4.04. The third-order valence-corrected chi connectivity index (χ3v) is 11.4. The van der Waals surface area contributed by atoms with E-state index in [-0.39, 0.29) is 42.4 Å². The van der Waals surface area contributed by atoms with Crippen molar-refractivity contribution < 1.29 is 72.8 Å². The molecule has 0 radical (unpaired) electrons. The zero-order valence-electron chi connectivity index (χ0n) is 35.2. The van der Waals surface area contributed by atoms with Crippen molar-refractivity contribution in [3.05, 3.63) is 0 Å². The van der Waals surface area contributed by atoms with Crippen molar-refractivity contribution in [1.29, 1.82) is 0 Å². The van der Waals surface area contributed by atoms with Crippen LogP contribution in [0.1, 0.15) is 219 Å². The summed E-state index contributed by atoms with van der Waals surface area (Å²) in [6, 6.07) is 0. The van der Waals surface area contributed by atoms with Crippen molar-refractivity contribution in [3.63, 3.8) is 0 Å². The maximum atomic E-state index is 12.6. The molecule has 2 N–H and O–H groups in total. The van der Waals surface area contributed by atoms with Crippen molar-refractivity contribution >= 4 is 31.3 Å². The molecule has 316 valence electrons. The molecule has 0 aromatic carbocycles. The predicted molar refractivity (Wildman–Crippen MR) is 219 cm³/mol. The first kappa shape index (κ1) is 56.6. The van der Waals surface area contributed by atoms with E-state index in [1.807, 2.05) is 0 Å². The maximum Gasteiger partial charge on any atom is 1.00 e. The van der Waals surface area contributed by atoms with E-state index in [9.17, 15) is 24.7 Å². The summed E-state index contributed by atoms with van der Waals surface area (Å²) in [5.41, 5.74) is 0. The molecule has 0 unspecified atom stereocenters. The average Bonchev–Trinajstić information content (AvgIpc) is 3.14. The standard InChI is InChI=1S/C42H83O9PS.Na/c1-3-5-7-9-11-13-15-17-19-21-23-25-27-29-31-33-41(45)50-39(35-43)37-48-52(47,53)49-38-40(36-44)51-42(46)34-32-30-28-26-24-22-20-18-16-14-12-10-8-6-4-2;/h39-40,43-44H,3-38H2,1-2H3,(H,47,53);/q;+1/p-1/t39-,40-;/m0./s1. The molecule has 9 nitrogen and oxygen atoms in total. The molecule has 0 aromatic rings. The Balaban J connectivity index is 0. The zero-order chi connectivity index (χ0) is 39.1. The van der Waals surface area contributed by atoms with E-state index in [1.165, 1.54) is 154 Å². The van der Waals surface area contributed by atoms with E-state index in [4.69, 9.17) is 30.8 Å². The van der Waals surface area contributed by atoms with Crippen LogP contribution >= 0.6 is 7.15 Å². The number of rotatable bonds is 42. The molecule has 0 heterocycles. The number of hydrogen-bond donors (Lipinski definition) is 2. The van der Waals surface area contributed by atoms with Gasteiger partial charge in [-0.15, -0.1) is 0 Å². The number of hydrogen-bond acceptors (Lipinski definition) is 10. The van der Waals surface area contributed by atoms with Crippen LogP contribution in [0.3, 0.4) is 0 Å². The van der Waals surface area contributed by atoms with Crippen molar-refractivity contribution in [3.8, 4) is 0 Å². The zero-order valence-corrected chi connectivity index (χ0v) is 38.9. The molecule has 0 bridgehead atoms. The summed E-state index contributed by atoms with van der Waals surface area (Å²) in [6.07, 6.45) is 35.6. The van der Waals surface area contributed by atoms with Crippen LogP contribution in [0.2, 0.25) is 0 Å². The first-order valence-corrected chi connectivity index (χ1v) is 24.5. The molecular weight excluding hydrogens is 734 g/mol. The summed E-state index contributed by atoms with van der Waals surface area (Å²) in [6.45, 7) is 2.68. The Morgan fingerprint density at radius 1 is 0.481 bits per heavy atom. The van der Waals surface area contributed by atoms with Crippen LogP contribution in [-0.4, -0.2) is 60.8 Å². The van der Waals surface area contributed by atoms with E-state index in [2.05, 4.69) is 13.8 Å². The topological polar surface area (TPSA) is 135 Å². The van der Waals surface area contributed by atoms with Gasteiger partial charge >= 0.3 is 41.5 Å². The van der Waals surface area contributed by atoms with Crippen molar-refractivity contribution in [2.45, 2.75) is 232 Å². The molecule has 0 aliphatic carbocycles. The monoisotopic (exact) mass is 817 g/mol. The Bertz CT molecular complexity index is 750. The van der Waals surface area contributed by atoms with Gasteiger partial charge in [-0.25, -0.2) is 9.05 Å². The molecule has 2 atom stereocenters. The Kier molecular flexibility index (Phi) is 45.2. The molecule has 0 spiro atoms. The van der Waals surface area contributed by atoms with E-state index in [0.717, 1.165) is 25.7 Å². The van der Waals surface area contributed by atoms with E-state index < -0.39 is 57.7 Å². The van der Waals surface area contributed by atoms with Crippen LogP contribution in [-0.2, 0) is 40.4 Å². The van der Waals surface area contributed by atoms with Crippen LogP contribution in [0, 0.1) is 0 Å². The smallest absolute Gasteiger partial charge is 0.649 e. The second kappa shape index (κ2) is 43.1. The molecular formula is C42H82NaO9PS. The molecule has 0 aliphatic rings. The second-order valence-corrected chi connectivity index (χ2v) is 17.8. The summed E-state index contributed by atoms with van der Waals surface area (Å²) < 4.78 is 20.9. The normalized spacial score (nSPS) is 12.7. The van der Waals surface area contributed by atoms with Gasteiger partial charge in [-0.05, 0) is 12.8 Å². The summed E-state index contributed by atoms with van der Waals surface area (Å²) >= 11 is 4.92. The molecule has 0 aromatic heterocycles. The minimum atomic E-state index is -4.04. The van der Waals surface area contributed by atoms with Crippen molar-refractivity contribution in [2.75, 3.05) is 26.4 Å². The van der Waals surface area contributed by atoms with Gasteiger partial charge in [0.1, 0.15) is 20.4 Å². The molecule has 54 heavy (non-hydrogen) atoms. The van der Waals surface area contributed by atoms with Gasteiger partial charge < -0.3 is 36.8 Å². The fourth-order valence-electron chi connectivity index (χ4n) is 6.41. The van der Waals surface area contributed by atoms with Gasteiger partial charge in [-0.3, -0.25) is 9.59 Å². The number of aliphatic hydroxyl groups is 2. The Morgan fingerprint density at radius 2 is 0.704 bits per heavy atom. The fourth-order valence-corrected chi connectivity index (χ4v) is 7.54. The van der Waals surface area contributed by atoms with Gasteiger partial charge in [0, 0.05) is 12.8 Å². The van der Waals surface area contributed by atoms with Gasteiger partial charge in [0.05, 0.1) is 13.2 Å². The maximum absolute atomic E-state index is 12.6. The van der Waals surface area contributed by atoms with Crippen LogP contribution < -0.4 is 34.5 Å². The van der Waals surface area contributed by atoms with Gasteiger partial charge in [0.15, 0.2) is 12.2 Å². The van der Waals surface area contributed by atoms with Gasteiger partial charge in [0.25, 0.3) is 0 Å². The van der Waals surface area contributed by atoms with E-state index in [0.29, 0.717) is 12.8 Å². The number of carbonyl (C=O) groups is 2. The van der Waals surface area contributed by atoms with Crippen molar-refractivity contribution in [2.24, 2.45) is 0 Å². The number of aliphatic hydroxyl groups excluding tert-OH is 2. The fraction of sp³-hybridized carbons (Fsp3) is 0.952. The third-order valence-electron chi connectivity index (χ3n) is 9.81. The second-order valence-electron chi connectivity index (χ2n) is 15.0. The Morgan fingerprint density at radius 3 is 0.926 bits per heavy atom. The van der Waals surface area contributed by atoms with Crippen molar-refractivity contribution in [1.82, 2.24) is 0 Å². The molecule has 0 amide bonds. The molecule has 12 heteroatoms. The molecule has 0 fully saturated rings. The van der Waals surface area contributed by atoms with Gasteiger partial charge in [-0.2, -0.15) is 0 Å². The SMILES string of the molecule is CCCCCCCCCCCCCCCCCC(=O)O[C@@H](CO)CO[P+]([O-])([S-])OC[C@H](CO)OC(=O)CCCCCCCCCCCCCCCCC.[Na+]. The predicted octanol–water partition coefficient (Wildman–Crippen LogP) is 7.94. The minimum absolute atomic E-state index is 0. The van der Waals surface area contributed by atoms with Gasteiger partial charge in [-0.1, -0.05) is 194 Å².